The first-order valence-electron chi connectivity index (χ1n) is 10.9. The first kappa shape index (κ1) is 23.9. The zero-order chi connectivity index (χ0) is 25.7. The molecule has 0 saturated heterocycles. The molecule has 0 aliphatic heterocycles. The number of rotatable bonds is 6. The van der Waals surface area contributed by atoms with Crippen LogP contribution >= 0.6 is 0 Å². The van der Waals surface area contributed by atoms with E-state index in [0.29, 0.717) is 23.9 Å². The van der Waals surface area contributed by atoms with Crippen LogP contribution in [-0.4, -0.2) is 28.9 Å². The molecule has 0 spiro atoms. The molecule has 5 rings (SSSR count). The van der Waals surface area contributed by atoms with Gasteiger partial charge in [0.05, 0.1) is 4.90 Å². The Morgan fingerprint density at radius 1 is 1.00 bits per heavy atom. The van der Waals surface area contributed by atoms with Crippen LogP contribution in [0.4, 0.5) is 22.7 Å². The van der Waals surface area contributed by atoms with E-state index in [1.54, 1.807) is 0 Å². The highest BCUT2D eigenvalue weighted by Crippen LogP contribution is 2.40. The van der Waals surface area contributed by atoms with Crippen LogP contribution in [0, 0.1) is 5.92 Å². The normalized spacial score (nSPS) is 14.2. The minimum atomic E-state index is -4.89. The third-order valence-electron chi connectivity index (χ3n) is 5.95. The maximum atomic E-state index is 14.1. The number of anilines is 1. The summed E-state index contributed by atoms with van der Waals surface area (Å²) in [7, 11) is -4.89. The fourth-order valence-electron chi connectivity index (χ4n) is 3.95. The minimum absolute atomic E-state index is 0.0683. The molecule has 2 aromatic carbocycles. The van der Waals surface area contributed by atoms with Crippen molar-refractivity contribution in [1.29, 1.82) is 0 Å². The van der Waals surface area contributed by atoms with Gasteiger partial charge in [-0.25, -0.2) is 0 Å². The summed E-state index contributed by atoms with van der Waals surface area (Å²) in [4.78, 5) is 11.8. The summed E-state index contributed by atoms with van der Waals surface area (Å²) in [5.74, 6) is 0.332. The Bertz CT molecular complexity index is 1560. The third kappa shape index (κ3) is 4.81. The molecule has 1 amide bonds. The maximum Gasteiger partial charge on any atom is 0.420 e. The van der Waals surface area contributed by atoms with Gasteiger partial charge >= 0.3 is 16.4 Å². The first-order chi connectivity index (χ1) is 17.0. The van der Waals surface area contributed by atoms with Gasteiger partial charge in [-0.3, -0.25) is 9.20 Å². The average Bonchev–Trinajstić information content (AvgIpc) is 3.56. The number of hydrogen-bond acceptors (Lipinski definition) is 5. The van der Waals surface area contributed by atoms with Gasteiger partial charge in [-0.2, -0.15) is 21.6 Å². The lowest BCUT2D eigenvalue weighted by molar-refractivity contribution is -0.136. The molecule has 0 atom stereocenters. The molecule has 1 saturated carbocycles. The first-order valence-corrected chi connectivity index (χ1v) is 12.3. The van der Waals surface area contributed by atoms with Crippen molar-refractivity contribution in [3.8, 4) is 11.1 Å². The van der Waals surface area contributed by atoms with E-state index < -0.39 is 32.8 Å². The second-order valence-corrected chi connectivity index (χ2v) is 9.90. The lowest BCUT2D eigenvalue weighted by atomic mass is 10.0. The van der Waals surface area contributed by atoms with E-state index in [-0.39, 0.29) is 22.3 Å². The Hall–Kier alpha value is -3.80. The topological polar surface area (TPSA) is 93.4 Å². The predicted octanol–water partition coefficient (Wildman–Crippen LogP) is 5.28. The number of carbonyl (C=O) groups excluding carboxylic acids is 1. The summed E-state index contributed by atoms with van der Waals surface area (Å²) < 4.78 is 78.5. The monoisotopic (exact) mass is 518 g/mol. The molecule has 1 fully saturated rings. The van der Waals surface area contributed by atoms with Crippen LogP contribution in [0.15, 0.2) is 65.7 Å². The molecule has 0 bridgehead atoms. The highest BCUT2D eigenvalue weighted by molar-refractivity contribution is 7.86. The van der Waals surface area contributed by atoms with Crippen molar-refractivity contribution < 1.29 is 30.3 Å². The number of aromatic nitrogens is 3. The SMILES string of the molecule is O=C(Nc1ccc(-c2ccn3c(CC4CC4)nnc3c2C(F)(F)F)cc1)c1ccc(S(=O)(=O)F)cc1. The summed E-state index contributed by atoms with van der Waals surface area (Å²) in [6.07, 6.45) is -0.485. The van der Waals surface area contributed by atoms with E-state index in [1.807, 2.05) is 0 Å². The number of carbonyl (C=O) groups is 1. The second kappa shape index (κ2) is 8.70. The molecule has 0 radical (unpaired) electrons. The number of nitrogens with one attached hydrogen (secondary N) is 1. The van der Waals surface area contributed by atoms with Crippen molar-refractivity contribution in [1.82, 2.24) is 14.6 Å². The highest BCUT2D eigenvalue weighted by Gasteiger charge is 2.38. The molecular formula is C24H18F4N4O3S. The van der Waals surface area contributed by atoms with Crippen LogP contribution in [0.25, 0.3) is 16.8 Å². The number of hydrogen-bond donors (Lipinski definition) is 1. The number of pyridine rings is 1. The zero-order valence-electron chi connectivity index (χ0n) is 18.5. The van der Waals surface area contributed by atoms with Crippen LogP contribution in [0.5, 0.6) is 0 Å². The number of fused-ring (bicyclic) bond motifs is 1. The Kier molecular flexibility index (Phi) is 5.78. The predicted molar refractivity (Wildman–Crippen MR) is 123 cm³/mol. The van der Waals surface area contributed by atoms with Crippen LogP contribution in [0.3, 0.4) is 0 Å². The molecule has 12 heteroatoms. The van der Waals surface area contributed by atoms with E-state index in [2.05, 4.69) is 15.5 Å². The number of halogens is 4. The van der Waals surface area contributed by atoms with Gasteiger partial charge in [0.25, 0.3) is 5.91 Å². The van der Waals surface area contributed by atoms with Gasteiger partial charge < -0.3 is 5.32 Å². The molecule has 0 unspecified atom stereocenters. The molecule has 1 N–H and O–H groups in total. The molecule has 186 valence electrons. The van der Waals surface area contributed by atoms with Crippen molar-refractivity contribution >= 4 is 27.5 Å². The summed E-state index contributed by atoms with van der Waals surface area (Å²) in [6, 6.07) is 11.4. The van der Waals surface area contributed by atoms with Crippen LogP contribution in [0.1, 0.15) is 34.6 Å². The number of alkyl halides is 3. The quantitative estimate of drug-likeness (QED) is 0.277. The van der Waals surface area contributed by atoms with E-state index in [9.17, 15) is 30.3 Å². The summed E-state index contributed by atoms with van der Waals surface area (Å²) in [5.41, 5.74) is -0.570. The van der Waals surface area contributed by atoms with E-state index in [4.69, 9.17) is 0 Å². The summed E-state index contributed by atoms with van der Waals surface area (Å²) in [6.45, 7) is 0. The highest BCUT2D eigenvalue weighted by atomic mass is 32.3. The van der Waals surface area contributed by atoms with E-state index >= 15 is 0 Å². The largest absolute Gasteiger partial charge is 0.420 e. The van der Waals surface area contributed by atoms with Gasteiger partial charge in [0, 0.05) is 23.9 Å². The lowest BCUT2D eigenvalue weighted by Crippen LogP contribution is -2.12. The number of benzene rings is 2. The maximum absolute atomic E-state index is 14.1. The van der Waals surface area contributed by atoms with Crippen molar-refractivity contribution in [3.63, 3.8) is 0 Å². The Labute approximate surface area is 203 Å². The van der Waals surface area contributed by atoms with Crippen molar-refractivity contribution in [2.75, 3.05) is 5.32 Å². The number of nitrogens with zero attached hydrogens (tertiary/aromatic N) is 3. The lowest BCUT2D eigenvalue weighted by Gasteiger charge is -2.15. The van der Waals surface area contributed by atoms with E-state index in [1.165, 1.54) is 40.9 Å². The molecule has 4 aromatic rings. The fourth-order valence-corrected chi connectivity index (χ4v) is 4.41. The molecule has 2 aromatic heterocycles. The zero-order valence-corrected chi connectivity index (χ0v) is 19.3. The van der Waals surface area contributed by atoms with E-state index in [0.717, 1.165) is 37.1 Å². The summed E-state index contributed by atoms with van der Waals surface area (Å²) in [5, 5.41) is 10.4. The fraction of sp³-hybridized carbons (Fsp3) is 0.208. The Morgan fingerprint density at radius 2 is 1.67 bits per heavy atom. The van der Waals surface area contributed by atoms with Crippen molar-refractivity contribution in [2.45, 2.75) is 30.3 Å². The van der Waals surface area contributed by atoms with Crippen molar-refractivity contribution in [3.05, 3.63) is 77.7 Å². The molecule has 2 heterocycles. The molecular weight excluding hydrogens is 500 g/mol. The smallest absolute Gasteiger partial charge is 0.322 e. The van der Waals surface area contributed by atoms with Gasteiger partial charge in [-0.1, -0.05) is 12.1 Å². The van der Waals surface area contributed by atoms with Crippen LogP contribution in [-0.2, 0) is 22.8 Å². The minimum Gasteiger partial charge on any atom is -0.322 e. The van der Waals surface area contributed by atoms with Crippen LogP contribution < -0.4 is 5.32 Å². The van der Waals surface area contributed by atoms with Gasteiger partial charge in [-0.15, -0.1) is 14.1 Å². The van der Waals surface area contributed by atoms with Gasteiger partial charge in [0.1, 0.15) is 11.4 Å². The summed E-state index contributed by atoms with van der Waals surface area (Å²) >= 11 is 0. The molecule has 36 heavy (non-hydrogen) atoms. The molecule has 1 aliphatic rings. The van der Waals surface area contributed by atoms with Gasteiger partial charge in [0.15, 0.2) is 5.65 Å². The van der Waals surface area contributed by atoms with Gasteiger partial charge in [0.2, 0.25) is 0 Å². The van der Waals surface area contributed by atoms with Gasteiger partial charge in [-0.05, 0) is 72.4 Å². The Morgan fingerprint density at radius 3 is 2.25 bits per heavy atom. The molecule has 1 aliphatic carbocycles. The second-order valence-electron chi connectivity index (χ2n) is 8.55. The average molecular weight is 518 g/mol. The third-order valence-corrected chi connectivity index (χ3v) is 6.79. The standard InChI is InChI=1S/C24H18F4N4O3S/c25-24(26,27)21-19(11-12-32-20(13-14-1-2-14)30-31-22(21)32)15-3-7-17(8-4-15)29-23(33)16-5-9-18(10-6-16)36(28,34)35/h3-12,14H,1-2,13H2,(H,29,33). The van der Waals surface area contributed by atoms with Crippen LogP contribution in [0.2, 0.25) is 0 Å². The Balaban J connectivity index is 1.41. The molecule has 7 nitrogen and oxygen atoms in total. The number of amides is 1. The van der Waals surface area contributed by atoms with Crippen molar-refractivity contribution in [2.24, 2.45) is 5.92 Å².